The minimum absolute atomic E-state index is 0.109. The number of aryl methyl sites for hydroxylation is 1. The van der Waals surface area contributed by atoms with Crippen molar-refractivity contribution < 1.29 is 19.5 Å². The first-order valence-corrected chi connectivity index (χ1v) is 6.72. The minimum Gasteiger partial charge on any atom is -0.389 e. The van der Waals surface area contributed by atoms with E-state index in [9.17, 15) is 14.5 Å². The molecular formula is C9H14N3O5P. The summed E-state index contributed by atoms with van der Waals surface area (Å²) >= 11 is 0. The van der Waals surface area contributed by atoms with Crippen molar-refractivity contribution in [3.05, 3.63) is 34.6 Å². The third-order valence-corrected chi connectivity index (χ3v) is 2.62. The zero-order chi connectivity index (χ0) is 13.8. The minimum atomic E-state index is -4.27. The van der Waals surface area contributed by atoms with E-state index >= 15 is 0 Å². The fourth-order valence-electron chi connectivity index (χ4n) is 1.19. The Bertz CT molecular complexity index is 535. The van der Waals surface area contributed by atoms with Crippen LogP contribution in [0.1, 0.15) is 6.42 Å². The molecule has 8 nitrogen and oxygen atoms in total. The topological polar surface area (TPSA) is 139 Å². The van der Waals surface area contributed by atoms with Crippen LogP contribution in [0.15, 0.2) is 29.0 Å². The molecule has 1 aromatic heterocycles. The van der Waals surface area contributed by atoms with Gasteiger partial charge in [-0.15, -0.1) is 0 Å². The number of nitrogen functional groups attached to an aromatic ring is 1. The van der Waals surface area contributed by atoms with Crippen molar-refractivity contribution in [3.63, 3.8) is 0 Å². The van der Waals surface area contributed by atoms with Crippen LogP contribution in [0.4, 0.5) is 5.82 Å². The maximum absolute atomic E-state index is 11.3. The highest BCUT2D eigenvalue weighted by atomic mass is 31.2. The fourth-order valence-corrected chi connectivity index (χ4v) is 1.61. The third-order valence-electron chi connectivity index (χ3n) is 2.06. The first-order chi connectivity index (χ1) is 8.28. The lowest BCUT2D eigenvalue weighted by molar-refractivity contribution is 0.204. The SMILES string of the molecule is Nc1ccn(CC[C@@H](O)/C=C/P(=O)(O)O)c(=O)n1. The van der Waals surface area contributed by atoms with E-state index in [1.807, 2.05) is 0 Å². The molecule has 1 rings (SSSR count). The molecule has 0 radical (unpaired) electrons. The Balaban J connectivity index is 2.58. The van der Waals surface area contributed by atoms with Gasteiger partial charge in [0.1, 0.15) is 5.82 Å². The molecule has 9 heteroatoms. The van der Waals surface area contributed by atoms with Gasteiger partial charge in [-0.1, -0.05) is 0 Å². The Morgan fingerprint density at radius 1 is 1.56 bits per heavy atom. The zero-order valence-electron chi connectivity index (χ0n) is 9.38. The summed E-state index contributed by atoms with van der Waals surface area (Å²) < 4.78 is 11.8. The summed E-state index contributed by atoms with van der Waals surface area (Å²) in [5.41, 5.74) is 4.77. The summed E-state index contributed by atoms with van der Waals surface area (Å²) in [6.07, 6.45) is 1.50. The molecule has 0 saturated carbocycles. The molecule has 0 unspecified atom stereocenters. The monoisotopic (exact) mass is 275 g/mol. The number of nitrogens with two attached hydrogens (primary N) is 1. The van der Waals surface area contributed by atoms with Crippen LogP contribution in [-0.4, -0.2) is 30.5 Å². The number of anilines is 1. The predicted octanol–water partition coefficient (Wildman–Crippen LogP) is -0.732. The lowest BCUT2D eigenvalue weighted by Gasteiger charge is -2.07. The number of rotatable bonds is 5. The van der Waals surface area contributed by atoms with Crippen molar-refractivity contribution in [2.75, 3.05) is 5.73 Å². The Hall–Kier alpha value is -1.47. The highest BCUT2D eigenvalue weighted by molar-refractivity contribution is 7.55. The molecule has 1 heterocycles. The van der Waals surface area contributed by atoms with Gasteiger partial charge in [0.2, 0.25) is 0 Å². The van der Waals surface area contributed by atoms with Crippen LogP contribution in [0.2, 0.25) is 0 Å². The summed E-state index contributed by atoms with van der Waals surface area (Å²) in [5.74, 6) is 0.736. The zero-order valence-corrected chi connectivity index (χ0v) is 10.3. The standard InChI is InChI=1S/C9H14N3O5P/c10-8-2-5-12(9(14)11-8)4-1-7(13)3-6-18(15,16)17/h2-3,5-7,13H,1,4H2,(H2,10,11,14)(H2,15,16,17)/b6-3+/t7-/m1/s1. The highest BCUT2D eigenvalue weighted by Gasteiger charge is 2.08. The summed E-state index contributed by atoms with van der Waals surface area (Å²) in [4.78, 5) is 31.9. The number of hydrogen-bond acceptors (Lipinski definition) is 5. The van der Waals surface area contributed by atoms with E-state index < -0.39 is 19.4 Å². The van der Waals surface area contributed by atoms with E-state index in [4.69, 9.17) is 15.5 Å². The second-order valence-electron chi connectivity index (χ2n) is 3.62. The summed E-state index contributed by atoms with van der Waals surface area (Å²) in [7, 11) is -4.27. The molecule has 0 aliphatic heterocycles. The van der Waals surface area contributed by atoms with Gasteiger partial charge in [-0.3, -0.25) is 9.13 Å². The molecule has 0 amide bonds. The molecule has 0 bridgehead atoms. The van der Waals surface area contributed by atoms with Gasteiger partial charge in [0.05, 0.1) is 6.10 Å². The van der Waals surface area contributed by atoms with Crippen LogP contribution >= 0.6 is 7.60 Å². The van der Waals surface area contributed by atoms with E-state index in [1.54, 1.807) is 0 Å². The number of aliphatic hydroxyl groups excluding tert-OH is 1. The average molecular weight is 275 g/mol. The fraction of sp³-hybridized carbons (Fsp3) is 0.333. The Morgan fingerprint density at radius 2 is 2.22 bits per heavy atom. The molecule has 1 atom stereocenters. The van der Waals surface area contributed by atoms with Gasteiger partial charge < -0.3 is 20.6 Å². The van der Waals surface area contributed by atoms with Crippen molar-refractivity contribution in [3.8, 4) is 0 Å². The van der Waals surface area contributed by atoms with Gasteiger partial charge in [0, 0.05) is 18.6 Å². The van der Waals surface area contributed by atoms with Crippen molar-refractivity contribution in [2.45, 2.75) is 19.1 Å². The van der Waals surface area contributed by atoms with Gasteiger partial charge in [0.15, 0.2) is 0 Å². The van der Waals surface area contributed by atoms with E-state index in [1.165, 1.54) is 16.8 Å². The summed E-state index contributed by atoms with van der Waals surface area (Å²) in [5, 5.41) is 9.43. The first kappa shape index (κ1) is 14.6. The van der Waals surface area contributed by atoms with Crippen LogP contribution < -0.4 is 11.4 Å². The van der Waals surface area contributed by atoms with Crippen LogP contribution in [0.5, 0.6) is 0 Å². The summed E-state index contributed by atoms with van der Waals surface area (Å²) in [6.45, 7) is 0.165. The third kappa shape index (κ3) is 5.24. The maximum atomic E-state index is 11.3. The van der Waals surface area contributed by atoms with Crippen LogP contribution in [-0.2, 0) is 11.1 Å². The van der Waals surface area contributed by atoms with E-state index in [-0.39, 0.29) is 18.8 Å². The van der Waals surface area contributed by atoms with Gasteiger partial charge in [-0.2, -0.15) is 4.98 Å². The molecule has 0 spiro atoms. The molecule has 18 heavy (non-hydrogen) atoms. The molecule has 0 fully saturated rings. The summed E-state index contributed by atoms with van der Waals surface area (Å²) in [6, 6.07) is 1.44. The highest BCUT2D eigenvalue weighted by Crippen LogP contribution is 2.36. The second-order valence-corrected chi connectivity index (χ2v) is 5.09. The lowest BCUT2D eigenvalue weighted by atomic mass is 10.2. The van der Waals surface area contributed by atoms with Gasteiger partial charge in [-0.05, 0) is 18.6 Å². The predicted molar refractivity (Wildman–Crippen MR) is 64.7 cm³/mol. The Labute approximate surface area is 103 Å². The lowest BCUT2D eigenvalue weighted by Crippen LogP contribution is -2.24. The Morgan fingerprint density at radius 3 is 2.78 bits per heavy atom. The molecule has 0 aliphatic rings. The average Bonchev–Trinajstić information content (AvgIpc) is 2.24. The molecule has 5 N–H and O–H groups in total. The van der Waals surface area contributed by atoms with Crippen LogP contribution in [0.3, 0.4) is 0 Å². The van der Waals surface area contributed by atoms with Crippen LogP contribution in [0, 0.1) is 0 Å². The first-order valence-electron chi connectivity index (χ1n) is 5.03. The quantitative estimate of drug-likeness (QED) is 0.519. The van der Waals surface area contributed by atoms with E-state index in [0.29, 0.717) is 5.82 Å². The number of nitrogens with zero attached hydrogens (tertiary/aromatic N) is 2. The Kier molecular flexibility index (Phi) is 4.80. The number of aromatic nitrogens is 2. The maximum Gasteiger partial charge on any atom is 0.349 e. The normalized spacial score (nSPS) is 13.9. The molecular weight excluding hydrogens is 261 g/mol. The van der Waals surface area contributed by atoms with Crippen LogP contribution in [0.25, 0.3) is 0 Å². The largest absolute Gasteiger partial charge is 0.389 e. The van der Waals surface area contributed by atoms with Gasteiger partial charge in [0.25, 0.3) is 0 Å². The van der Waals surface area contributed by atoms with E-state index in [2.05, 4.69) is 4.98 Å². The van der Waals surface area contributed by atoms with Gasteiger partial charge >= 0.3 is 13.3 Å². The van der Waals surface area contributed by atoms with Gasteiger partial charge in [-0.25, -0.2) is 4.79 Å². The molecule has 0 saturated heterocycles. The van der Waals surface area contributed by atoms with Crippen molar-refractivity contribution in [2.24, 2.45) is 0 Å². The molecule has 0 aliphatic carbocycles. The van der Waals surface area contributed by atoms with Crippen molar-refractivity contribution >= 4 is 13.4 Å². The smallest absolute Gasteiger partial charge is 0.349 e. The molecule has 1 aromatic rings. The molecule has 0 aromatic carbocycles. The number of hydrogen-bond donors (Lipinski definition) is 4. The van der Waals surface area contributed by atoms with E-state index in [0.717, 1.165) is 6.08 Å². The number of aliphatic hydroxyl groups is 1. The van der Waals surface area contributed by atoms with Crippen molar-refractivity contribution in [1.82, 2.24) is 9.55 Å². The molecule has 100 valence electrons. The second kappa shape index (κ2) is 5.92. The van der Waals surface area contributed by atoms with Crippen molar-refractivity contribution in [1.29, 1.82) is 0 Å².